The van der Waals surface area contributed by atoms with Crippen LogP contribution >= 0.6 is 0 Å². The lowest BCUT2D eigenvalue weighted by Crippen LogP contribution is -2.59. The molecule has 150 valence electrons. The Balaban J connectivity index is 1.70. The van der Waals surface area contributed by atoms with Crippen molar-refractivity contribution in [3.63, 3.8) is 0 Å². The van der Waals surface area contributed by atoms with Crippen molar-refractivity contribution in [3.8, 4) is 0 Å². The number of rotatable bonds is 3. The van der Waals surface area contributed by atoms with Gasteiger partial charge in [0.05, 0.1) is 18.3 Å². The van der Waals surface area contributed by atoms with Crippen LogP contribution in [0.4, 0.5) is 0 Å². The van der Waals surface area contributed by atoms with Crippen LogP contribution in [0.2, 0.25) is 0 Å². The van der Waals surface area contributed by atoms with Gasteiger partial charge in [-0.1, -0.05) is 27.2 Å². The van der Waals surface area contributed by atoms with Crippen LogP contribution in [0.3, 0.4) is 0 Å². The highest BCUT2D eigenvalue weighted by molar-refractivity contribution is 5.74. The Labute approximate surface area is 161 Å². The quantitative estimate of drug-likeness (QED) is 0.426. The summed E-state index contributed by atoms with van der Waals surface area (Å²) in [5.74, 6) is 0.399. The van der Waals surface area contributed by atoms with Gasteiger partial charge in [-0.25, -0.2) is 0 Å². The fourth-order valence-electron chi connectivity index (χ4n) is 6.75. The van der Waals surface area contributed by atoms with Crippen molar-refractivity contribution in [3.05, 3.63) is 11.6 Å². The molecule has 3 fully saturated rings. The Hall–Kier alpha value is -1.20. The molecule has 0 amide bonds. The Morgan fingerprint density at radius 3 is 2.63 bits per heavy atom. The number of carbonyl (C=O) groups is 2. The van der Waals surface area contributed by atoms with Gasteiger partial charge in [-0.05, 0) is 54.1 Å². The molecule has 0 unspecified atom stereocenters. The Bertz CT molecular complexity index is 662. The van der Waals surface area contributed by atoms with E-state index in [1.165, 1.54) is 26.2 Å². The first-order valence-electron chi connectivity index (χ1n) is 10.3. The molecule has 2 aliphatic heterocycles. The maximum Gasteiger partial charge on any atom is 0.304 e. The van der Waals surface area contributed by atoms with Crippen LogP contribution in [0.25, 0.3) is 0 Å². The highest BCUT2D eigenvalue weighted by Crippen LogP contribution is 2.66. The smallest absolute Gasteiger partial charge is 0.304 e. The predicted octanol–water partition coefficient (Wildman–Crippen LogP) is 3.80. The molecule has 6 atom stereocenters. The molecule has 1 spiro atoms. The number of fused-ring (bicyclic) bond motifs is 1. The molecule has 4 rings (SSSR count). The summed E-state index contributed by atoms with van der Waals surface area (Å²) in [6.07, 6.45) is 8.07. The van der Waals surface area contributed by atoms with Gasteiger partial charge >= 0.3 is 5.97 Å². The van der Waals surface area contributed by atoms with Gasteiger partial charge < -0.3 is 14.2 Å². The van der Waals surface area contributed by atoms with E-state index in [0.29, 0.717) is 23.3 Å². The third kappa shape index (κ3) is 3.17. The average Bonchev–Trinajstić information content (AvgIpc) is 3.32. The molecular formula is C22H32O5. The van der Waals surface area contributed by atoms with Gasteiger partial charge in [0.25, 0.3) is 0 Å². The van der Waals surface area contributed by atoms with Crippen LogP contribution < -0.4 is 0 Å². The molecule has 2 heterocycles. The standard InChI is InChI=1S/C22H32O5/c1-14(24)26-18-11-15(12-23)10-16(27-18)19-21(4)8-5-7-20(2,3)17(21)6-9-22(19)13-25-22/h10,12,16-19H,5-9,11,13H2,1-4H3/t16-,17-,18+,19+,21-,22+/m0/s1. The van der Waals surface area contributed by atoms with Gasteiger partial charge in [-0.2, -0.15) is 0 Å². The Kier molecular flexibility index (Phi) is 4.54. The predicted molar refractivity (Wildman–Crippen MR) is 99.8 cm³/mol. The first-order valence-corrected chi connectivity index (χ1v) is 10.3. The third-order valence-electron chi connectivity index (χ3n) is 7.79. The fourth-order valence-corrected chi connectivity index (χ4v) is 6.75. The second-order valence-electron chi connectivity index (χ2n) is 9.97. The lowest BCUT2D eigenvalue weighted by Gasteiger charge is -2.60. The zero-order valence-corrected chi connectivity index (χ0v) is 17.0. The minimum absolute atomic E-state index is 0.0871. The van der Waals surface area contributed by atoms with Crippen molar-refractivity contribution in [2.24, 2.45) is 22.7 Å². The number of ether oxygens (including phenoxy) is 3. The van der Waals surface area contributed by atoms with Gasteiger partial charge in [0.2, 0.25) is 6.29 Å². The molecule has 0 aromatic heterocycles. The number of epoxide rings is 1. The highest BCUT2D eigenvalue weighted by atomic mass is 16.7. The van der Waals surface area contributed by atoms with Gasteiger partial charge in [0.15, 0.2) is 0 Å². The summed E-state index contributed by atoms with van der Waals surface area (Å²) in [7, 11) is 0. The summed E-state index contributed by atoms with van der Waals surface area (Å²) in [5.41, 5.74) is 0.896. The van der Waals surface area contributed by atoms with Crippen molar-refractivity contribution in [2.45, 2.75) is 84.2 Å². The molecule has 2 aliphatic carbocycles. The van der Waals surface area contributed by atoms with Gasteiger partial charge in [0, 0.05) is 19.3 Å². The minimum atomic E-state index is -0.686. The monoisotopic (exact) mass is 376 g/mol. The summed E-state index contributed by atoms with van der Waals surface area (Å²) in [6, 6.07) is 0. The Morgan fingerprint density at radius 2 is 2.00 bits per heavy atom. The molecule has 4 aliphatic rings. The summed E-state index contributed by atoms with van der Waals surface area (Å²) in [4.78, 5) is 23.0. The number of carbonyl (C=O) groups excluding carboxylic acids is 2. The zero-order chi connectivity index (χ0) is 19.4. The van der Waals surface area contributed by atoms with Crippen molar-refractivity contribution in [1.82, 2.24) is 0 Å². The van der Waals surface area contributed by atoms with Gasteiger partial charge in [-0.15, -0.1) is 0 Å². The summed E-state index contributed by atoms with van der Waals surface area (Å²) >= 11 is 0. The molecule has 5 nitrogen and oxygen atoms in total. The first-order chi connectivity index (χ1) is 12.7. The lowest BCUT2D eigenvalue weighted by atomic mass is 9.45. The van der Waals surface area contributed by atoms with Crippen molar-refractivity contribution in [1.29, 1.82) is 0 Å². The summed E-state index contributed by atoms with van der Waals surface area (Å²) in [6.45, 7) is 9.34. The Morgan fingerprint density at radius 1 is 1.26 bits per heavy atom. The SMILES string of the molecule is CC(=O)O[C@H]1CC(C=O)=C[C@@H]([C@H]2[C@@]3(CC[C@H]4C(C)(C)CCC[C@@]42C)CO3)O1. The molecule has 0 aromatic carbocycles. The van der Waals surface area contributed by atoms with Crippen molar-refractivity contribution >= 4 is 12.3 Å². The van der Waals surface area contributed by atoms with Crippen LogP contribution in [0.1, 0.15) is 66.2 Å². The summed E-state index contributed by atoms with van der Waals surface area (Å²) < 4.78 is 17.7. The molecule has 0 aromatic rings. The van der Waals surface area contributed by atoms with E-state index in [1.54, 1.807) is 0 Å². The number of aldehydes is 1. The highest BCUT2D eigenvalue weighted by Gasteiger charge is 2.67. The molecule has 0 radical (unpaired) electrons. The largest absolute Gasteiger partial charge is 0.436 e. The number of hydrogen-bond acceptors (Lipinski definition) is 5. The van der Waals surface area contributed by atoms with E-state index >= 15 is 0 Å². The average molecular weight is 376 g/mol. The summed E-state index contributed by atoms with van der Waals surface area (Å²) in [5, 5.41) is 0. The molecule has 2 saturated carbocycles. The first kappa shape index (κ1) is 19.1. The van der Waals surface area contributed by atoms with E-state index in [0.717, 1.165) is 25.7 Å². The van der Waals surface area contributed by atoms with E-state index in [9.17, 15) is 9.59 Å². The van der Waals surface area contributed by atoms with Crippen molar-refractivity contribution < 1.29 is 23.8 Å². The molecule has 0 bridgehead atoms. The molecule has 1 saturated heterocycles. The molecule has 5 heteroatoms. The van der Waals surface area contributed by atoms with Crippen LogP contribution in [-0.4, -0.2) is 36.9 Å². The van der Waals surface area contributed by atoms with Crippen molar-refractivity contribution in [2.75, 3.05) is 6.61 Å². The van der Waals surface area contributed by atoms with E-state index in [-0.39, 0.29) is 29.0 Å². The topological polar surface area (TPSA) is 65.1 Å². The van der Waals surface area contributed by atoms with E-state index in [2.05, 4.69) is 20.8 Å². The lowest BCUT2D eigenvalue weighted by molar-refractivity contribution is -0.213. The zero-order valence-electron chi connectivity index (χ0n) is 17.0. The second kappa shape index (κ2) is 6.41. The normalized spacial score (nSPS) is 45.6. The molecule has 0 N–H and O–H groups in total. The maximum atomic E-state index is 11.6. The van der Waals surface area contributed by atoms with Crippen LogP contribution in [0.5, 0.6) is 0 Å². The third-order valence-corrected chi connectivity index (χ3v) is 7.79. The number of esters is 1. The van der Waals surface area contributed by atoms with E-state index in [4.69, 9.17) is 14.2 Å². The maximum absolute atomic E-state index is 11.6. The second-order valence-corrected chi connectivity index (χ2v) is 9.97. The van der Waals surface area contributed by atoms with Crippen LogP contribution in [0.15, 0.2) is 11.6 Å². The molecule has 27 heavy (non-hydrogen) atoms. The van der Waals surface area contributed by atoms with Gasteiger partial charge in [-0.3, -0.25) is 9.59 Å². The fraction of sp³-hybridized carbons (Fsp3) is 0.818. The van der Waals surface area contributed by atoms with Crippen LogP contribution in [0, 0.1) is 22.7 Å². The number of hydrogen-bond donors (Lipinski definition) is 0. The van der Waals surface area contributed by atoms with Gasteiger partial charge in [0.1, 0.15) is 6.29 Å². The van der Waals surface area contributed by atoms with E-state index < -0.39 is 6.29 Å². The van der Waals surface area contributed by atoms with E-state index in [1.807, 2.05) is 6.08 Å². The molecular weight excluding hydrogens is 344 g/mol. The minimum Gasteiger partial charge on any atom is -0.436 e. The van der Waals surface area contributed by atoms with Crippen LogP contribution in [-0.2, 0) is 23.8 Å².